The molecule has 122 valence electrons. The van der Waals surface area contributed by atoms with E-state index in [2.05, 4.69) is 15.5 Å². The van der Waals surface area contributed by atoms with Gasteiger partial charge in [-0.15, -0.1) is 0 Å². The summed E-state index contributed by atoms with van der Waals surface area (Å²) in [6, 6.07) is 14.1. The van der Waals surface area contributed by atoms with Crippen LogP contribution in [0, 0.1) is 0 Å². The molecule has 24 heavy (non-hydrogen) atoms. The number of carbonyl (C=O) groups excluding carboxylic acids is 1. The molecule has 0 aliphatic rings. The first kappa shape index (κ1) is 15.7. The fourth-order valence-corrected chi connectivity index (χ4v) is 2.44. The summed E-state index contributed by atoms with van der Waals surface area (Å²) >= 11 is 0. The Labute approximate surface area is 138 Å². The number of aromatic amines is 1. The van der Waals surface area contributed by atoms with Crippen LogP contribution in [0.15, 0.2) is 53.3 Å². The summed E-state index contributed by atoms with van der Waals surface area (Å²) in [4.78, 5) is 24.0. The number of ether oxygens (including phenoxy) is 1. The number of amides is 1. The Morgan fingerprint density at radius 1 is 1.12 bits per heavy atom. The van der Waals surface area contributed by atoms with E-state index in [0.717, 1.165) is 11.1 Å². The average molecular weight is 323 g/mol. The SMILES string of the molecule is CCOc1ccc(C(=O)NCc2n[nH]c(=O)c3ccccc23)cc1. The Balaban J connectivity index is 1.75. The molecule has 0 radical (unpaired) electrons. The van der Waals surface area contributed by atoms with Gasteiger partial charge in [0.15, 0.2) is 0 Å². The molecule has 0 spiro atoms. The second-order valence-electron chi connectivity index (χ2n) is 5.19. The van der Waals surface area contributed by atoms with Crippen molar-refractivity contribution in [3.05, 3.63) is 70.1 Å². The lowest BCUT2D eigenvalue weighted by atomic mass is 10.1. The van der Waals surface area contributed by atoms with Crippen molar-refractivity contribution in [2.24, 2.45) is 0 Å². The van der Waals surface area contributed by atoms with E-state index in [4.69, 9.17) is 4.74 Å². The number of H-pyrrole nitrogens is 1. The second kappa shape index (κ2) is 6.95. The summed E-state index contributed by atoms with van der Waals surface area (Å²) in [5.41, 5.74) is 0.906. The van der Waals surface area contributed by atoms with Crippen LogP contribution in [0.1, 0.15) is 23.0 Å². The van der Waals surface area contributed by atoms with E-state index >= 15 is 0 Å². The summed E-state index contributed by atoms with van der Waals surface area (Å²) in [7, 11) is 0. The third-order valence-corrected chi connectivity index (χ3v) is 3.62. The highest BCUT2D eigenvalue weighted by atomic mass is 16.5. The smallest absolute Gasteiger partial charge is 0.272 e. The Hall–Kier alpha value is -3.15. The lowest BCUT2D eigenvalue weighted by molar-refractivity contribution is 0.0950. The third kappa shape index (κ3) is 3.27. The zero-order valence-corrected chi connectivity index (χ0v) is 13.2. The van der Waals surface area contributed by atoms with Gasteiger partial charge in [0.05, 0.1) is 24.2 Å². The Bertz CT molecular complexity index is 917. The minimum Gasteiger partial charge on any atom is -0.494 e. The molecule has 3 aromatic rings. The van der Waals surface area contributed by atoms with Gasteiger partial charge in [0, 0.05) is 10.9 Å². The van der Waals surface area contributed by atoms with E-state index in [1.165, 1.54) is 0 Å². The fraction of sp³-hybridized carbons (Fsp3) is 0.167. The first-order chi connectivity index (χ1) is 11.7. The van der Waals surface area contributed by atoms with Crippen molar-refractivity contribution in [3.8, 4) is 5.75 Å². The molecule has 0 bridgehead atoms. The molecule has 0 atom stereocenters. The Morgan fingerprint density at radius 2 is 1.83 bits per heavy atom. The van der Waals surface area contributed by atoms with Crippen LogP contribution < -0.4 is 15.6 Å². The first-order valence-corrected chi connectivity index (χ1v) is 7.66. The number of nitrogens with one attached hydrogen (secondary N) is 2. The summed E-state index contributed by atoms with van der Waals surface area (Å²) < 4.78 is 5.35. The van der Waals surface area contributed by atoms with Crippen molar-refractivity contribution in [2.45, 2.75) is 13.5 Å². The van der Waals surface area contributed by atoms with Crippen LogP contribution in [-0.2, 0) is 6.54 Å². The third-order valence-electron chi connectivity index (χ3n) is 3.62. The molecule has 0 fully saturated rings. The predicted octanol–water partition coefficient (Wildman–Crippen LogP) is 2.25. The summed E-state index contributed by atoms with van der Waals surface area (Å²) in [5, 5.41) is 10.6. The largest absolute Gasteiger partial charge is 0.494 e. The summed E-state index contributed by atoms with van der Waals surface area (Å²) in [6.45, 7) is 2.71. The quantitative estimate of drug-likeness (QED) is 0.754. The van der Waals surface area contributed by atoms with Gasteiger partial charge in [-0.05, 0) is 37.3 Å². The molecule has 0 aliphatic carbocycles. The topological polar surface area (TPSA) is 84.1 Å². The number of hydrogen-bond donors (Lipinski definition) is 2. The second-order valence-corrected chi connectivity index (χ2v) is 5.19. The van der Waals surface area contributed by atoms with E-state index < -0.39 is 0 Å². The van der Waals surface area contributed by atoms with Crippen LogP contribution in [0.5, 0.6) is 5.75 Å². The summed E-state index contributed by atoms with van der Waals surface area (Å²) in [5.74, 6) is 0.512. The number of aromatic nitrogens is 2. The predicted molar refractivity (Wildman–Crippen MR) is 91.1 cm³/mol. The van der Waals surface area contributed by atoms with Gasteiger partial charge in [0.2, 0.25) is 0 Å². The van der Waals surface area contributed by atoms with E-state index in [1.54, 1.807) is 36.4 Å². The Morgan fingerprint density at radius 3 is 2.54 bits per heavy atom. The minimum absolute atomic E-state index is 0.213. The number of hydrogen-bond acceptors (Lipinski definition) is 4. The molecule has 1 heterocycles. The molecule has 6 heteroatoms. The molecule has 6 nitrogen and oxygen atoms in total. The molecule has 2 aromatic carbocycles. The van der Waals surface area contributed by atoms with Gasteiger partial charge in [-0.25, -0.2) is 5.10 Å². The average Bonchev–Trinajstić information content (AvgIpc) is 2.62. The molecule has 0 aliphatic heterocycles. The van der Waals surface area contributed by atoms with Gasteiger partial charge in [-0.2, -0.15) is 5.10 Å². The standard InChI is InChI=1S/C18H17N3O3/c1-2-24-13-9-7-12(8-10-13)17(22)19-11-16-14-5-3-4-6-15(14)18(23)21-20-16/h3-10H,2,11H2,1H3,(H,19,22)(H,21,23). The molecule has 1 amide bonds. The highest BCUT2D eigenvalue weighted by molar-refractivity contribution is 5.94. The fourth-order valence-electron chi connectivity index (χ4n) is 2.44. The number of benzene rings is 2. The molecular weight excluding hydrogens is 306 g/mol. The van der Waals surface area contributed by atoms with Crippen LogP contribution >= 0.6 is 0 Å². The lowest BCUT2D eigenvalue weighted by Crippen LogP contribution is -2.24. The number of rotatable bonds is 5. The monoisotopic (exact) mass is 323 g/mol. The van der Waals surface area contributed by atoms with Crippen molar-refractivity contribution in [1.29, 1.82) is 0 Å². The minimum atomic E-state index is -0.243. The summed E-state index contributed by atoms with van der Waals surface area (Å²) in [6.07, 6.45) is 0. The zero-order valence-electron chi connectivity index (χ0n) is 13.2. The van der Waals surface area contributed by atoms with E-state index in [1.807, 2.05) is 19.1 Å². The molecule has 0 saturated heterocycles. The van der Waals surface area contributed by atoms with Crippen molar-refractivity contribution in [2.75, 3.05) is 6.61 Å². The number of fused-ring (bicyclic) bond motifs is 1. The lowest BCUT2D eigenvalue weighted by Gasteiger charge is -2.08. The molecule has 3 rings (SSSR count). The van der Waals surface area contributed by atoms with Crippen LogP contribution in [-0.4, -0.2) is 22.7 Å². The molecule has 1 aromatic heterocycles. The van der Waals surface area contributed by atoms with Crippen LogP contribution in [0.2, 0.25) is 0 Å². The maximum atomic E-state index is 12.2. The van der Waals surface area contributed by atoms with Gasteiger partial charge in [0.25, 0.3) is 11.5 Å². The maximum Gasteiger partial charge on any atom is 0.272 e. The maximum absolute atomic E-state index is 12.2. The molecule has 0 unspecified atom stereocenters. The zero-order chi connectivity index (χ0) is 16.9. The normalized spacial score (nSPS) is 10.5. The van der Waals surface area contributed by atoms with Crippen molar-refractivity contribution >= 4 is 16.7 Å². The number of nitrogens with zero attached hydrogens (tertiary/aromatic N) is 1. The van der Waals surface area contributed by atoms with Crippen molar-refractivity contribution < 1.29 is 9.53 Å². The van der Waals surface area contributed by atoms with Crippen LogP contribution in [0.3, 0.4) is 0 Å². The van der Waals surface area contributed by atoms with Gasteiger partial charge in [-0.1, -0.05) is 18.2 Å². The molecule has 2 N–H and O–H groups in total. The highest BCUT2D eigenvalue weighted by Crippen LogP contribution is 2.14. The first-order valence-electron chi connectivity index (χ1n) is 7.66. The van der Waals surface area contributed by atoms with E-state index in [9.17, 15) is 9.59 Å². The Kier molecular flexibility index (Phi) is 4.56. The van der Waals surface area contributed by atoms with Gasteiger partial charge in [-0.3, -0.25) is 9.59 Å². The van der Waals surface area contributed by atoms with Crippen LogP contribution in [0.4, 0.5) is 0 Å². The highest BCUT2D eigenvalue weighted by Gasteiger charge is 2.09. The molecule has 0 saturated carbocycles. The van der Waals surface area contributed by atoms with E-state index in [0.29, 0.717) is 23.3 Å². The van der Waals surface area contributed by atoms with Gasteiger partial charge < -0.3 is 10.1 Å². The van der Waals surface area contributed by atoms with E-state index in [-0.39, 0.29) is 18.0 Å². The van der Waals surface area contributed by atoms with Crippen LogP contribution in [0.25, 0.3) is 10.8 Å². The number of carbonyl (C=O) groups is 1. The molecular formula is C18H17N3O3. The van der Waals surface area contributed by atoms with Gasteiger partial charge in [0.1, 0.15) is 5.75 Å². The van der Waals surface area contributed by atoms with Gasteiger partial charge >= 0.3 is 0 Å². The van der Waals surface area contributed by atoms with Crippen molar-refractivity contribution in [3.63, 3.8) is 0 Å². The van der Waals surface area contributed by atoms with Crippen molar-refractivity contribution in [1.82, 2.24) is 15.5 Å².